The number of hydrogen-bond acceptors (Lipinski definition) is 3. The molecule has 106 valence electrons. The second-order valence-electron chi connectivity index (χ2n) is 3.70. The Morgan fingerprint density at radius 3 is 2.79 bits per heavy atom. The van der Waals surface area contributed by atoms with Crippen LogP contribution in [-0.2, 0) is 4.74 Å². The molecule has 0 saturated carbocycles. The van der Waals surface area contributed by atoms with E-state index >= 15 is 0 Å². The number of carbonyl (C=O) groups excluding carboxylic acids is 1. The van der Waals surface area contributed by atoms with Gasteiger partial charge in [0.15, 0.2) is 0 Å². The lowest BCUT2D eigenvalue weighted by molar-refractivity contribution is -0.140. The van der Waals surface area contributed by atoms with Crippen molar-refractivity contribution >= 4 is 11.7 Å². The third kappa shape index (κ3) is 6.05. The van der Waals surface area contributed by atoms with Gasteiger partial charge in [-0.15, -0.1) is 0 Å². The molecule has 0 bridgehead atoms. The van der Waals surface area contributed by atoms with Gasteiger partial charge in [-0.25, -0.2) is 4.79 Å². The van der Waals surface area contributed by atoms with E-state index in [1.807, 2.05) is 0 Å². The Balaban J connectivity index is 2.65. The number of aromatic nitrogens is 1. The molecule has 0 fully saturated rings. The summed E-state index contributed by atoms with van der Waals surface area (Å²) in [6.45, 7) is -1.46. The van der Waals surface area contributed by atoms with E-state index in [0.717, 1.165) is 0 Å². The molecule has 1 N–H and O–H groups in total. The summed E-state index contributed by atoms with van der Waals surface area (Å²) in [5.74, 6) is 0. The van der Waals surface area contributed by atoms with Crippen LogP contribution >= 0.6 is 0 Å². The van der Waals surface area contributed by atoms with Crippen LogP contribution < -0.4 is 5.32 Å². The number of methoxy groups -OCH3 is 1. The average Bonchev–Trinajstić information content (AvgIpc) is 2.34. The van der Waals surface area contributed by atoms with Gasteiger partial charge in [-0.2, -0.15) is 13.2 Å². The van der Waals surface area contributed by atoms with Crippen LogP contribution in [0.3, 0.4) is 0 Å². The van der Waals surface area contributed by atoms with E-state index in [1.54, 1.807) is 6.07 Å². The van der Waals surface area contributed by atoms with E-state index < -0.39 is 18.8 Å². The number of hydrogen-bond donors (Lipinski definition) is 1. The molecule has 0 radical (unpaired) electrons. The Bertz CT molecular complexity index is 398. The highest BCUT2D eigenvalue weighted by atomic mass is 19.4. The fourth-order valence-corrected chi connectivity index (χ4v) is 1.31. The normalized spacial score (nSPS) is 11.2. The van der Waals surface area contributed by atoms with Crippen molar-refractivity contribution in [1.29, 1.82) is 0 Å². The van der Waals surface area contributed by atoms with Crippen LogP contribution in [0.4, 0.5) is 23.7 Å². The molecule has 0 atom stereocenters. The van der Waals surface area contributed by atoms with Crippen LogP contribution in [0.25, 0.3) is 0 Å². The number of alkyl halides is 3. The highest BCUT2D eigenvalue weighted by Crippen LogP contribution is 2.17. The number of pyridine rings is 1. The first kappa shape index (κ1) is 15.2. The van der Waals surface area contributed by atoms with Gasteiger partial charge in [-0.3, -0.25) is 4.98 Å². The summed E-state index contributed by atoms with van der Waals surface area (Å²) in [7, 11) is 1.35. The van der Waals surface area contributed by atoms with Crippen LogP contribution in [0, 0.1) is 0 Å². The van der Waals surface area contributed by atoms with E-state index in [-0.39, 0.29) is 13.2 Å². The van der Waals surface area contributed by atoms with Gasteiger partial charge >= 0.3 is 12.2 Å². The van der Waals surface area contributed by atoms with Crippen molar-refractivity contribution in [3.05, 3.63) is 24.5 Å². The predicted octanol–water partition coefficient (Wildman–Crippen LogP) is 2.12. The third-order valence-corrected chi connectivity index (χ3v) is 2.14. The number of nitrogens with zero attached hydrogens (tertiary/aromatic N) is 2. The molecular weight excluding hydrogens is 263 g/mol. The van der Waals surface area contributed by atoms with Crippen molar-refractivity contribution in [1.82, 2.24) is 9.88 Å². The van der Waals surface area contributed by atoms with Crippen molar-refractivity contribution in [2.45, 2.75) is 6.18 Å². The molecular formula is C11H14F3N3O2. The maximum absolute atomic E-state index is 12.4. The standard InChI is InChI=1S/C11H14F3N3O2/c1-19-6-5-17(8-11(12,13)14)10(18)16-9-3-2-4-15-7-9/h2-4,7H,5-6,8H2,1H3,(H,16,18). The fraction of sp³-hybridized carbons (Fsp3) is 0.455. The first-order valence-electron chi connectivity index (χ1n) is 5.44. The summed E-state index contributed by atoms with van der Waals surface area (Å²) in [6, 6.07) is 2.26. The molecule has 0 aliphatic rings. The molecule has 5 nitrogen and oxygen atoms in total. The monoisotopic (exact) mass is 277 g/mol. The molecule has 1 aromatic rings. The lowest BCUT2D eigenvalue weighted by Crippen LogP contribution is -2.43. The molecule has 0 spiro atoms. The summed E-state index contributed by atoms with van der Waals surface area (Å²) >= 11 is 0. The van der Waals surface area contributed by atoms with Crippen LogP contribution in [0.15, 0.2) is 24.5 Å². The molecule has 2 amide bonds. The third-order valence-electron chi connectivity index (χ3n) is 2.14. The zero-order chi connectivity index (χ0) is 14.3. The minimum absolute atomic E-state index is 0.0243. The molecule has 0 unspecified atom stereocenters. The SMILES string of the molecule is COCCN(CC(F)(F)F)C(=O)Nc1cccnc1. The number of ether oxygens (including phenoxy) is 1. The molecule has 1 heterocycles. The quantitative estimate of drug-likeness (QED) is 0.897. The van der Waals surface area contributed by atoms with E-state index in [2.05, 4.69) is 15.0 Å². The average molecular weight is 277 g/mol. The van der Waals surface area contributed by atoms with Crippen molar-refractivity contribution in [2.24, 2.45) is 0 Å². The Labute approximate surface area is 108 Å². The number of urea groups is 1. The van der Waals surface area contributed by atoms with Crippen molar-refractivity contribution in [2.75, 3.05) is 32.1 Å². The van der Waals surface area contributed by atoms with Gasteiger partial charge in [0.25, 0.3) is 0 Å². The molecule has 8 heteroatoms. The lowest BCUT2D eigenvalue weighted by atomic mass is 10.4. The minimum Gasteiger partial charge on any atom is -0.383 e. The number of amides is 2. The Kier molecular flexibility index (Phi) is 5.56. The predicted molar refractivity (Wildman–Crippen MR) is 62.8 cm³/mol. The first-order valence-corrected chi connectivity index (χ1v) is 5.44. The first-order chi connectivity index (χ1) is 8.92. The van der Waals surface area contributed by atoms with Gasteiger partial charge < -0.3 is 15.0 Å². The smallest absolute Gasteiger partial charge is 0.383 e. The van der Waals surface area contributed by atoms with E-state index in [0.29, 0.717) is 10.6 Å². The number of halogens is 3. The number of carbonyl (C=O) groups is 1. The van der Waals surface area contributed by atoms with Gasteiger partial charge in [-0.1, -0.05) is 0 Å². The minimum atomic E-state index is -4.46. The van der Waals surface area contributed by atoms with Crippen molar-refractivity contribution in [3.8, 4) is 0 Å². The maximum Gasteiger partial charge on any atom is 0.406 e. The Morgan fingerprint density at radius 2 is 2.26 bits per heavy atom. The second-order valence-corrected chi connectivity index (χ2v) is 3.70. The summed E-state index contributed by atoms with van der Waals surface area (Å²) in [4.78, 5) is 16.1. The van der Waals surface area contributed by atoms with Gasteiger partial charge in [-0.05, 0) is 12.1 Å². The van der Waals surface area contributed by atoms with Crippen molar-refractivity contribution < 1.29 is 22.7 Å². The number of rotatable bonds is 5. The molecule has 0 aliphatic heterocycles. The van der Waals surface area contributed by atoms with Gasteiger partial charge in [0, 0.05) is 19.9 Å². The molecule has 1 rings (SSSR count). The van der Waals surface area contributed by atoms with Gasteiger partial charge in [0.05, 0.1) is 18.5 Å². The van der Waals surface area contributed by atoms with Crippen LogP contribution in [0.1, 0.15) is 0 Å². The molecule has 19 heavy (non-hydrogen) atoms. The zero-order valence-electron chi connectivity index (χ0n) is 10.3. The molecule has 1 aromatic heterocycles. The fourth-order valence-electron chi connectivity index (χ4n) is 1.31. The van der Waals surface area contributed by atoms with E-state index in [4.69, 9.17) is 0 Å². The highest BCUT2D eigenvalue weighted by Gasteiger charge is 2.32. The summed E-state index contributed by atoms with van der Waals surface area (Å²) in [5.41, 5.74) is 0.331. The van der Waals surface area contributed by atoms with Crippen LogP contribution in [0.5, 0.6) is 0 Å². The summed E-state index contributed by atoms with van der Waals surface area (Å²) in [5, 5.41) is 2.34. The zero-order valence-corrected chi connectivity index (χ0v) is 10.3. The van der Waals surface area contributed by atoms with E-state index in [9.17, 15) is 18.0 Å². The Morgan fingerprint density at radius 1 is 1.53 bits per heavy atom. The van der Waals surface area contributed by atoms with E-state index in [1.165, 1.54) is 25.6 Å². The molecule has 0 aliphatic carbocycles. The van der Waals surface area contributed by atoms with Crippen LogP contribution in [-0.4, -0.2) is 48.9 Å². The van der Waals surface area contributed by atoms with Gasteiger partial charge in [0.1, 0.15) is 6.54 Å². The second kappa shape index (κ2) is 6.93. The van der Waals surface area contributed by atoms with Gasteiger partial charge in [0.2, 0.25) is 0 Å². The number of anilines is 1. The summed E-state index contributed by atoms with van der Waals surface area (Å²) in [6.07, 6.45) is -1.62. The largest absolute Gasteiger partial charge is 0.406 e. The number of nitrogens with one attached hydrogen (secondary N) is 1. The topological polar surface area (TPSA) is 54.5 Å². The van der Waals surface area contributed by atoms with Crippen molar-refractivity contribution in [3.63, 3.8) is 0 Å². The molecule has 0 aromatic carbocycles. The Hall–Kier alpha value is -1.83. The molecule has 0 saturated heterocycles. The maximum atomic E-state index is 12.4. The summed E-state index contributed by atoms with van der Waals surface area (Å²) < 4.78 is 41.8. The lowest BCUT2D eigenvalue weighted by Gasteiger charge is -2.23. The highest BCUT2D eigenvalue weighted by molar-refractivity contribution is 5.89. The van der Waals surface area contributed by atoms with Crippen LogP contribution in [0.2, 0.25) is 0 Å².